The summed E-state index contributed by atoms with van der Waals surface area (Å²) in [5.74, 6) is -0.325. The Bertz CT molecular complexity index is 950. The number of hydrogen-bond donors (Lipinski definition) is 3. The van der Waals surface area contributed by atoms with Crippen molar-refractivity contribution in [2.75, 3.05) is 26.0 Å². The van der Waals surface area contributed by atoms with Crippen molar-refractivity contribution < 1.29 is 9.59 Å². The minimum absolute atomic E-state index is 0.0860. The van der Waals surface area contributed by atoms with E-state index < -0.39 is 0 Å². The van der Waals surface area contributed by atoms with Crippen LogP contribution in [0.3, 0.4) is 0 Å². The first kappa shape index (κ1) is 19.3. The molecular weight excluding hydrogens is 354 g/mol. The molecule has 0 radical (unpaired) electrons. The van der Waals surface area contributed by atoms with Gasteiger partial charge in [-0.05, 0) is 37.9 Å². The van der Waals surface area contributed by atoms with Crippen molar-refractivity contribution in [3.05, 3.63) is 71.9 Å². The molecule has 3 N–H and O–H groups in total. The molecule has 0 aliphatic rings. The van der Waals surface area contributed by atoms with Gasteiger partial charge in [0.2, 0.25) is 5.91 Å². The van der Waals surface area contributed by atoms with E-state index in [1.165, 1.54) is 0 Å². The van der Waals surface area contributed by atoms with Gasteiger partial charge in [0.05, 0.1) is 12.2 Å². The van der Waals surface area contributed by atoms with E-state index >= 15 is 0 Å². The summed E-state index contributed by atoms with van der Waals surface area (Å²) < 4.78 is 0. The van der Waals surface area contributed by atoms with Crippen LogP contribution >= 0.6 is 0 Å². The minimum atomic E-state index is -0.239. The molecule has 1 heterocycles. The average molecular weight is 377 g/mol. The van der Waals surface area contributed by atoms with Crippen molar-refractivity contribution in [2.24, 2.45) is 0 Å². The van der Waals surface area contributed by atoms with Gasteiger partial charge in [-0.3, -0.25) is 14.7 Å². The normalized spacial score (nSPS) is 10.7. The van der Waals surface area contributed by atoms with E-state index in [9.17, 15) is 9.59 Å². The van der Waals surface area contributed by atoms with E-state index in [1.807, 2.05) is 68.7 Å². The van der Waals surface area contributed by atoms with Crippen LogP contribution in [0.4, 0.5) is 5.69 Å². The van der Waals surface area contributed by atoms with Crippen LogP contribution in [0.5, 0.6) is 0 Å². The monoisotopic (exact) mass is 377 g/mol. The molecule has 7 heteroatoms. The number of nitrogens with zero attached hydrogens (tertiary/aromatic N) is 2. The molecule has 0 unspecified atom stereocenters. The lowest BCUT2D eigenvalue weighted by molar-refractivity contribution is -0.116. The van der Waals surface area contributed by atoms with Crippen LogP contribution in [0.25, 0.3) is 11.3 Å². The summed E-state index contributed by atoms with van der Waals surface area (Å²) in [6, 6.07) is 18.8. The zero-order valence-electron chi connectivity index (χ0n) is 15.9. The molecule has 3 rings (SSSR count). The van der Waals surface area contributed by atoms with Gasteiger partial charge in [0.25, 0.3) is 5.91 Å². The van der Waals surface area contributed by atoms with E-state index in [1.54, 1.807) is 11.0 Å². The molecule has 0 atom stereocenters. The fourth-order valence-electron chi connectivity index (χ4n) is 2.72. The Hall–Kier alpha value is -3.45. The molecule has 3 aromatic rings. The van der Waals surface area contributed by atoms with Crippen LogP contribution in [-0.4, -0.2) is 47.6 Å². The highest BCUT2D eigenvalue weighted by atomic mass is 16.2. The lowest BCUT2D eigenvalue weighted by atomic mass is 10.1. The van der Waals surface area contributed by atoms with Gasteiger partial charge >= 0.3 is 0 Å². The quantitative estimate of drug-likeness (QED) is 0.590. The molecule has 7 nitrogen and oxygen atoms in total. The first-order chi connectivity index (χ1) is 13.5. The molecule has 144 valence electrons. The van der Waals surface area contributed by atoms with Crippen LogP contribution in [0, 0.1) is 0 Å². The smallest absolute Gasteiger partial charge is 0.269 e. The number of benzene rings is 2. The number of likely N-dealkylation sites (N-methyl/N-ethyl adjacent to an activating group) is 1. The maximum absolute atomic E-state index is 12.4. The van der Waals surface area contributed by atoms with Crippen LogP contribution < -0.4 is 10.6 Å². The first-order valence-electron chi connectivity index (χ1n) is 8.94. The predicted molar refractivity (Wildman–Crippen MR) is 109 cm³/mol. The topological polar surface area (TPSA) is 90.1 Å². The van der Waals surface area contributed by atoms with Gasteiger partial charge in [0.1, 0.15) is 5.69 Å². The van der Waals surface area contributed by atoms with Gasteiger partial charge in [-0.15, -0.1) is 0 Å². The van der Waals surface area contributed by atoms with Crippen LogP contribution in [0.15, 0.2) is 60.7 Å². The first-order valence-corrected chi connectivity index (χ1v) is 8.94. The van der Waals surface area contributed by atoms with E-state index in [2.05, 4.69) is 20.8 Å². The highest BCUT2D eigenvalue weighted by molar-refractivity contribution is 5.93. The summed E-state index contributed by atoms with van der Waals surface area (Å²) in [5.41, 5.74) is 3.65. The maximum Gasteiger partial charge on any atom is 0.269 e. The highest BCUT2D eigenvalue weighted by Gasteiger charge is 2.11. The summed E-state index contributed by atoms with van der Waals surface area (Å²) in [6.07, 6.45) is 0. The fraction of sp³-hybridized carbons (Fsp3) is 0.190. The lowest BCUT2D eigenvalue weighted by Crippen LogP contribution is -2.27. The number of carbonyl (C=O) groups is 2. The van der Waals surface area contributed by atoms with Crippen molar-refractivity contribution in [1.82, 2.24) is 20.4 Å². The Morgan fingerprint density at radius 2 is 1.82 bits per heavy atom. The standard InChI is InChI=1S/C21H23N5O2/c1-26(2)14-20(27)23-17-10-6-7-15(11-17)13-22-21(28)19-12-18(24-25-19)16-8-4-3-5-9-16/h3-12H,13-14H2,1-2H3,(H,22,28)(H,23,27)(H,24,25). The molecule has 2 aromatic carbocycles. The largest absolute Gasteiger partial charge is 0.347 e. The third kappa shape index (κ3) is 5.28. The molecule has 1 aromatic heterocycles. The lowest BCUT2D eigenvalue weighted by Gasteiger charge is -2.11. The number of amides is 2. The Morgan fingerprint density at radius 1 is 1.04 bits per heavy atom. The molecule has 0 bridgehead atoms. The van der Waals surface area contributed by atoms with Crippen molar-refractivity contribution >= 4 is 17.5 Å². The van der Waals surface area contributed by atoms with Crippen LogP contribution in [0.2, 0.25) is 0 Å². The van der Waals surface area contributed by atoms with E-state index in [0.29, 0.717) is 24.5 Å². The number of carbonyl (C=O) groups excluding carboxylic acids is 2. The highest BCUT2D eigenvalue weighted by Crippen LogP contribution is 2.17. The Labute approximate surface area is 163 Å². The van der Waals surface area contributed by atoms with E-state index in [-0.39, 0.29) is 11.8 Å². The number of aromatic nitrogens is 2. The van der Waals surface area contributed by atoms with Gasteiger partial charge < -0.3 is 15.5 Å². The molecule has 0 saturated heterocycles. The van der Waals surface area contributed by atoms with Crippen LogP contribution in [0.1, 0.15) is 16.1 Å². The minimum Gasteiger partial charge on any atom is -0.347 e. The molecule has 0 fully saturated rings. The molecule has 2 amide bonds. The SMILES string of the molecule is CN(C)CC(=O)Nc1cccc(CNC(=O)c2cc(-c3ccccc3)n[nH]2)c1. The summed E-state index contributed by atoms with van der Waals surface area (Å²) >= 11 is 0. The molecule has 0 aliphatic carbocycles. The summed E-state index contributed by atoms with van der Waals surface area (Å²) in [7, 11) is 3.67. The zero-order valence-corrected chi connectivity index (χ0v) is 15.9. The molecule has 0 spiro atoms. The van der Waals surface area contributed by atoms with Gasteiger partial charge in [-0.2, -0.15) is 5.10 Å². The molecule has 28 heavy (non-hydrogen) atoms. The van der Waals surface area contributed by atoms with E-state index in [0.717, 1.165) is 16.8 Å². The average Bonchev–Trinajstić information content (AvgIpc) is 3.17. The Kier molecular flexibility index (Phi) is 6.18. The number of anilines is 1. The van der Waals surface area contributed by atoms with Gasteiger partial charge in [0.15, 0.2) is 0 Å². The third-order valence-electron chi connectivity index (χ3n) is 4.02. The maximum atomic E-state index is 12.4. The second kappa shape index (κ2) is 8.96. The Morgan fingerprint density at radius 3 is 2.57 bits per heavy atom. The number of rotatable bonds is 7. The second-order valence-electron chi connectivity index (χ2n) is 6.70. The van der Waals surface area contributed by atoms with Crippen molar-refractivity contribution in [3.8, 4) is 11.3 Å². The predicted octanol–water partition coefficient (Wildman–Crippen LogP) is 2.51. The van der Waals surface area contributed by atoms with Crippen LogP contribution in [-0.2, 0) is 11.3 Å². The van der Waals surface area contributed by atoms with Crippen molar-refractivity contribution in [1.29, 1.82) is 0 Å². The molecule has 0 aliphatic heterocycles. The third-order valence-corrected chi connectivity index (χ3v) is 4.02. The number of H-pyrrole nitrogens is 1. The van der Waals surface area contributed by atoms with Gasteiger partial charge in [-0.25, -0.2) is 0 Å². The zero-order chi connectivity index (χ0) is 19.9. The molecule has 0 saturated carbocycles. The number of aromatic amines is 1. The van der Waals surface area contributed by atoms with E-state index in [4.69, 9.17) is 0 Å². The fourth-order valence-corrected chi connectivity index (χ4v) is 2.72. The number of hydrogen-bond acceptors (Lipinski definition) is 4. The van der Waals surface area contributed by atoms with Gasteiger partial charge in [-0.1, -0.05) is 42.5 Å². The summed E-state index contributed by atoms with van der Waals surface area (Å²) in [4.78, 5) is 26.1. The second-order valence-corrected chi connectivity index (χ2v) is 6.70. The van der Waals surface area contributed by atoms with Gasteiger partial charge in [0, 0.05) is 17.8 Å². The summed E-state index contributed by atoms with van der Waals surface area (Å²) in [5, 5.41) is 12.7. The Balaban J connectivity index is 1.58. The number of nitrogens with one attached hydrogen (secondary N) is 3. The van der Waals surface area contributed by atoms with Crippen molar-refractivity contribution in [2.45, 2.75) is 6.54 Å². The van der Waals surface area contributed by atoms with Crippen molar-refractivity contribution in [3.63, 3.8) is 0 Å². The summed E-state index contributed by atoms with van der Waals surface area (Å²) in [6.45, 7) is 0.653. The molecular formula is C21H23N5O2.